The van der Waals surface area contributed by atoms with Gasteiger partial charge in [-0.2, -0.15) is 4.31 Å². The molecule has 0 amide bonds. The van der Waals surface area contributed by atoms with Gasteiger partial charge in [0.15, 0.2) is 0 Å². The molecule has 3 aromatic carbocycles. The van der Waals surface area contributed by atoms with Crippen LogP contribution >= 0.6 is 0 Å². The Hall–Kier alpha value is -3.56. The first-order chi connectivity index (χ1) is 15.8. The van der Waals surface area contributed by atoms with Gasteiger partial charge in [0.1, 0.15) is 29.0 Å². The molecule has 4 rings (SSSR count). The number of ether oxygens (including phenoxy) is 3. The minimum Gasteiger partial charge on any atom is -0.508 e. The molecular weight excluding hydrogens is 446 g/mol. The number of carbonyl (C=O) groups is 1. The molecule has 1 N–H and O–H groups in total. The molecule has 1 aliphatic rings. The largest absolute Gasteiger partial charge is 0.508 e. The Balaban J connectivity index is 1.61. The van der Waals surface area contributed by atoms with Gasteiger partial charge in [-0.25, -0.2) is 13.2 Å². The third-order valence-electron chi connectivity index (χ3n) is 5.46. The van der Waals surface area contributed by atoms with E-state index in [9.17, 15) is 18.3 Å². The van der Waals surface area contributed by atoms with Gasteiger partial charge in [0, 0.05) is 6.54 Å². The number of esters is 1. The first kappa shape index (κ1) is 22.6. The second kappa shape index (κ2) is 9.13. The number of sulfonamides is 1. The molecule has 1 atom stereocenters. The maximum atomic E-state index is 13.4. The van der Waals surface area contributed by atoms with E-state index in [1.165, 1.54) is 25.3 Å². The highest BCUT2D eigenvalue weighted by Crippen LogP contribution is 2.37. The minimum atomic E-state index is -4.02. The van der Waals surface area contributed by atoms with Gasteiger partial charge < -0.3 is 19.3 Å². The van der Waals surface area contributed by atoms with Crippen molar-refractivity contribution in [3.63, 3.8) is 0 Å². The van der Waals surface area contributed by atoms with E-state index in [2.05, 4.69) is 0 Å². The van der Waals surface area contributed by atoms with Crippen molar-refractivity contribution < 1.29 is 32.5 Å². The van der Waals surface area contributed by atoms with Crippen LogP contribution in [0.15, 0.2) is 71.6 Å². The van der Waals surface area contributed by atoms with E-state index in [0.717, 1.165) is 4.31 Å². The van der Waals surface area contributed by atoms with E-state index < -0.39 is 22.0 Å². The standard InChI is InChI=1S/C24H23NO7S/c1-30-18-4-6-19(7-5-18)32-20-8-10-21(11-9-20)33(28,29)25-14-13-16-15-17(26)3-12-22(16)23(25)24(27)31-2/h3-12,15,23,26H,13-14H2,1-2H3. The molecule has 0 saturated heterocycles. The molecule has 3 aromatic rings. The van der Waals surface area contributed by atoms with E-state index in [1.807, 2.05) is 0 Å². The van der Waals surface area contributed by atoms with Gasteiger partial charge in [-0.05, 0) is 78.2 Å². The molecule has 0 fully saturated rings. The monoisotopic (exact) mass is 469 g/mol. The van der Waals surface area contributed by atoms with Crippen LogP contribution in [0.5, 0.6) is 23.0 Å². The van der Waals surface area contributed by atoms with Crippen molar-refractivity contribution in [3.05, 3.63) is 77.9 Å². The zero-order chi connectivity index (χ0) is 23.6. The number of fused-ring (bicyclic) bond motifs is 1. The van der Waals surface area contributed by atoms with Crippen LogP contribution in [0.4, 0.5) is 0 Å². The zero-order valence-electron chi connectivity index (χ0n) is 18.1. The SMILES string of the molecule is COC(=O)C1c2ccc(O)cc2CCN1S(=O)(=O)c1ccc(Oc2ccc(OC)cc2)cc1. The lowest BCUT2D eigenvalue weighted by Gasteiger charge is -2.34. The fourth-order valence-electron chi connectivity index (χ4n) is 3.80. The Morgan fingerprint density at radius 2 is 1.55 bits per heavy atom. The molecule has 33 heavy (non-hydrogen) atoms. The molecule has 0 saturated carbocycles. The topological polar surface area (TPSA) is 102 Å². The second-order valence-corrected chi connectivity index (χ2v) is 9.31. The lowest BCUT2D eigenvalue weighted by molar-refractivity contribution is -0.145. The predicted octanol–water partition coefficient (Wildman–Crippen LogP) is 3.65. The second-order valence-electron chi connectivity index (χ2n) is 7.42. The van der Waals surface area contributed by atoms with Gasteiger partial charge in [-0.3, -0.25) is 0 Å². The fraction of sp³-hybridized carbons (Fsp3) is 0.208. The number of phenols is 1. The number of aromatic hydroxyl groups is 1. The smallest absolute Gasteiger partial charge is 0.328 e. The first-order valence-electron chi connectivity index (χ1n) is 10.2. The summed E-state index contributed by atoms with van der Waals surface area (Å²) in [5.74, 6) is 1.10. The summed E-state index contributed by atoms with van der Waals surface area (Å²) in [4.78, 5) is 12.6. The summed E-state index contributed by atoms with van der Waals surface area (Å²) in [6.45, 7) is 0.0721. The highest BCUT2D eigenvalue weighted by Gasteiger charge is 2.41. The van der Waals surface area contributed by atoms with Crippen LogP contribution in [0.3, 0.4) is 0 Å². The number of carbonyl (C=O) groups excluding carboxylic acids is 1. The summed E-state index contributed by atoms with van der Waals surface area (Å²) >= 11 is 0. The summed E-state index contributed by atoms with van der Waals surface area (Å²) in [6, 6.07) is 16.4. The summed E-state index contributed by atoms with van der Waals surface area (Å²) in [5.41, 5.74) is 1.20. The maximum Gasteiger partial charge on any atom is 0.328 e. The van der Waals surface area contributed by atoms with Crippen LogP contribution < -0.4 is 9.47 Å². The number of rotatable bonds is 6. The van der Waals surface area contributed by atoms with Crippen LogP contribution in [-0.4, -0.2) is 44.6 Å². The van der Waals surface area contributed by atoms with Crippen molar-refractivity contribution in [1.29, 1.82) is 0 Å². The Morgan fingerprint density at radius 3 is 2.15 bits per heavy atom. The Morgan fingerprint density at radius 1 is 0.939 bits per heavy atom. The molecule has 1 unspecified atom stereocenters. The van der Waals surface area contributed by atoms with Gasteiger partial charge in [-0.15, -0.1) is 0 Å². The molecule has 0 bridgehead atoms. The average Bonchev–Trinajstić information content (AvgIpc) is 2.83. The van der Waals surface area contributed by atoms with Gasteiger partial charge in [-0.1, -0.05) is 6.07 Å². The molecule has 1 aliphatic heterocycles. The molecule has 1 heterocycles. The Kier molecular flexibility index (Phi) is 6.26. The van der Waals surface area contributed by atoms with Crippen LogP contribution in [0.2, 0.25) is 0 Å². The molecule has 0 aromatic heterocycles. The number of benzene rings is 3. The van der Waals surface area contributed by atoms with Crippen LogP contribution in [0.25, 0.3) is 0 Å². The average molecular weight is 470 g/mol. The molecular formula is C24H23NO7S. The molecule has 172 valence electrons. The van der Waals surface area contributed by atoms with E-state index in [1.54, 1.807) is 55.6 Å². The van der Waals surface area contributed by atoms with E-state index in [4.69, 9.17) is 14.2 Å². The predicted molar refractivity (Wildman–Crippen MR) is 120 cm³/mol. The van der Waals surface area contributed by atoms with Crippen molar-refractivity contribution >= 4 is 16.0 Å². The van der Waals surface area contributed by atoms with Crippen LogP contribution in [-0.2, 0) is 26.0 Å². The number of phenolic OH excluding ortho intramolecular Hbond substituents is 1. The first-order valence-corrected chi connectivity index (χ1v) is 11.6. The lowest BCUT2D eigenvalue weighted by atomic mass is 9.94. The number of nitrogens with zero attached hydrogens (tertiary/aromatic N) is 1. The van der Waals surface area contributed by atoms with E-state index in [0.29, 0.717) is 34.8 Å². The van der Waals surface area contributed by atoms with Crippen molar-refractivity contribution in [2.75, 3.05) is 20.8 Å². The molecule has 9 heteroatoms. The molecule has 0 radical (unpaired) electrons. The van der Waals surface area contributed by atoms with Gasteiger partial charge in [0.2, 0.25) is 10.0 Å². The molecule has 8 nitrogen and oxygen atoms in total. The summed E-state index contributed by atoms with van der Waals surface area (Å²) < 4.78 is 43.8. The zero-order valence-corrected chi connectivity index (χ0v) is 18.9. The van der Waals surface area contributed by atoms with Crippen molar-refractivity contribution in [3.8, 4) is 23.0 Å². The lowest BCUT2D eigenvalue weighted by Crippen LogP contribution is -2.43. The van der Waals surface area contributed by atoms with Crippen LogP contribution in [0.1, 0.15) is 17.2 Å². The van der Waals surface area contributed by atoms with E-state index >= 15 is 0 Å². The van der Waals surface area contributed by atoms with E-state index in [-0.39, 0.29) is 17.2 Å². The van der Waals surface area contributed by atoms with Crippen molar-refractivity contribution in [2.24, 2.45) is 0 Å². The number of hydrogen-bond donors (Lipinski definition) is 1. The van der Waals surface area contributed by atoms with Gasteiger partial charge >= 0.3 is 5.97 Å². The highest BCUT2D eigenvalue weighted by molar-refractivity contribution is 7.89. The fourth-order valence-corrected chi connectivity index (χ4v) is 5.36. The van der Waals surface area contributed by atoms with Crippen molar-refractivity contribution in [1.82, 2.24) is 4.31 Å². The van der Waals surface area contributed by atoms with Gasteiger partial charge in [0.05, 0.1) is 19.1 Å². The van der Waals surface area contributed by atoms with Crippen LogP contribution in [0, 0.1) is 0 Å². The Bertz CT molecular complexity index is 1250. The highest BCUT2D eigenvalue weighted by atomic mass is 32.2. The Labute approximate surface area is 192 Å². The molecule has 0 spiro atoms. The quantitative estimate of drug-likeness (QED) is 0.550. The number of methoxy groups -OCH3 is 2. The minimum absolute atomic E-state index is 0.0284. The number of hydrogen-bond acceptors (Lipinski definition) is 7. The third kappa shape index (κ3) is 4.50. The normalized spacial score (nSPS) is 16.0. The van der Waals surface area contributed by atoms with Gasteiger partial charge in [0.25, 0.3) is 0 Å². The summed E-state index contributed by atoms with van der Waals surface area (Å²) in [6.07, 6.45) is 0.356. The maximum absolute atomic E-state index is 13.4. The summed E-state index contributed by atoms with van der Waals surface area (Å²) in [7, 11) is -1.23. The van der Waals surface area contributed by atoms with Crippen molar-refractivity contribution in [2.45, 2.75) is 17.4 Å². The summed E-state index contributed by atoms with van der Waals surface area (Å²) in [5, 5.41) is 9.77. The molecule has 0 aliphatic carbocycles. The third-order valence-corrected chi connectivity index (χ3v) is 7.34.